The average Bonchev–Trinajstić information content (AvgIpc) is 3.46. The number of anilines is 1. The number of aryl methyl sites for hydroxylation is 1. The van der Waals surface area contributed by atoms with Crippen LogP contribution in [0.3, 0.4) is 0 Å². The van der Waals surface area contributed by atoms with Crippen LogP contribution in [0.25, 0.3) is 0 Å². The number of rotatable bonds is 8. The summed E-state index contributed by atoms with van der Waals surface area (Å²) in [4.78, 5) is 42.9. The minimum atomic E-state index is -1.04. The Kier molecular flexibility index (Phi) is 7.36. The largest absolute Gasteiger partial charge is 0.462 e. The number of fused-ring (bicyclic) bond motifs is 1. The van der Waals surface area contributed by atoms with Crippen LogP contribution in [0.1, 0.15) is 63.4 Å². The van der Waals surface area contributed by atoms with E-state index in [0.29, 0.717) is 22.7 Å². The van der Waals surface area contributed by atoms with Crippen LogP contribution >= 0.6 is 11.3 Å². The molecule has 3 aromatic rings. The van der Waals surface area contributed by atoms with E-state index in [1.807, 2.05) is 0 Å². The van der Waals surface area contributed by atoms with Crippen LogP contribution in [0.2, 0.25) is 0 Å². The van der Waals surface area contributed by atoms with Crippen molar-refractivity contribution in [2.75, 3.05) is 11.9 Å². The molecule has 0 saturated heterocycles. The Labute approximate surface area is 201 Å². The molecule has 1 aliphatic rings. The Morgan fingerprint density at radius 3 is 2.62 bits per heavy atom. The predicted octanol–water partition coefficient (Wildman–Crippen LogP) is 3.63. The fourth-order valence-electron chi connectivity index (χ4n) is 3.82. The molecule has 1 aromatic carbocycles. The number of benzene rings is 1. The summed E-state index contributed by atoms with van der Waals surface area (Å²) in [7, 11) is 0. The Morgan fingerprint density at radius 2 is 1.91 bits per heavy atom. The highest BCUT2D eigenvalue weighted by atomic mass is 32.1. The van der Waals surface area contributed by atoms with Gasteiger partial charge in [-0.25, -0.2) is 19.3 Å². The molecular weight excluding hydrogens is 456 g/mol. The van der Waals surface area contributed by atoms with Gasteiger partial charge in [-0.15, -0.1) is 11.3 Å². The zero-order chi connectivity index (χ0) is 24.1. The molecule has 0 fully saturated rings. The summed E-state index contributed by atoms with van der Waals surface area (Å²) in [6, 6.07) is 6.88. The predicted molar refractivity (Wildman–Crippen MR) is 126 cm³/mol. The Hall–Kier alpha value is -3.53. The van der Waals surface area contributed by atoms with Crippen molar-refractivity contribution in [1.29, 1.82) is 0 Å². The number of ether oxygens (including phenoxy) is 2. The molecule has 1 atom stereocenters. The van der Waals surface area contributed by atoms with Gasteiger partial charge in [0.25, 0.3) is 5.91 Å². The Bertz CT molecular complexity index is 1170. The molecule has 2 heterocycles. The number of aromatic nitrogens is 3. The standard InChI is InChI=1S/C24H26N4O5S/c1-3-32-24(31)20-18-6-4-5-7-19(18)34-22(20)27-21(29)15(2)33-23(30)17-10-8-16(9-11-17)12-28-14-25-13-26-28/h8-11,13-15H,3-7,12H2,1-2H3,(H,27,29). The van der Waals surface area contributed by atoms with E-state index in [2.05, 4.69) is 15.4 Å². The van der Waals surface area contributed by atoms with Gasteiger partial charge in [0, 0.05) is 4.88 Å². The first kappa shape index (κ1) is 23.6. The van der Waals surface area contributed by atoms with E-state index in [1.165, 1.54) is 24.6 Å². The van der Waals surface area contributed by atoms with Crippen molar-refractivity contribution in [1.82, 2.24) is 14.8 Å². The fraction of sp³-hybridized carbons (Fsp3) is 0.375. The molecule has 1 amide bonds. The Balaban J connectivity index is 1.40. The van der Waals surface area contributed by atoms with Gasteiger partial charge in [0.15, 0.2) is 6.10 Å². The highest BCUT2D eigenvalue weighted by Crippen LogP contribution is 2.38. The zero-order valence-electron chi connectivity index (χ0n) is 19.1. The minimum Gasteiger partial charge on any atom is -0.462 e. The highest BCUT2D eigenvalue weighted by molar-refractivity contribution is 7.17. The molecule has 10 heteroatoms. The van der Waals surface area contributed by atoms with Crippen molar-refractivity contribution >= 4 is 34.2 Å². The zero-order valence-corrected chi connectivity index (χ0v) is 19.9. The van der Waals surface area contributed by atoms with Crippen molar-refractivity contribution in [3.05, 3.63) is 64.1 Å². The molecule has 2 aromatic heterocycles. The SMILES string of the molecule is CCOC(=O)c1c(NC(=O)C(C)OC(=O)c2ccc(Cn3cncn3)cc2)sc2c1CCCC2. The van der Waals surface area contributed by atoms with Crippen molar-refractivity contribution in [2.45, 2.75) is 52.2 Å². The van der Waals surface area contributed by atoms with Gasteiger partial charge in [-0.3, -0.25) is 4.79 Å². The fourth-order valence-corrected chi connectivity index (χ4v) is 5.10. The molecule has 0 saturated carbocycles. The van der Waals surface area contributed by atoms with E-state index in [1.54, 1.807) is 42.2 Å². The molecule has 0 spiro atoms. The van der Waals surface area contributed by atoms with Crippen LogP contribution in [0, 0.1) is 0 Å². The van der Waals surface area contributed by atoms with Gasteiger partial charge in [-0.05, 0) is 62.8 Å². The van der Waals surface area contributed by atoms with Gasteiger partial charge >= 0.3 is 11.9 Å². The number of carbonyl (C=O) groups is 3. The van der Waals surface area contributed by atoms with Gasteiger partial charge in [0.05, 0.1) is 24.3 Å². The maximum Gasteiger partial charge on any atom is 0.341 e. The second-order valence-electron chi connectivity index (χ2n) is 7.96. The van der Waals surface area contributed by atoms with Gasteiger partial charge in [-0.1, -0.05) is 12.1 Å². The quantitative estimate of drug-likeness (QED) is 0.488. The molecule has 4 rings (SSSR count). The van der Waals surface area contributed by atoms with Crippen LogP contribution in [-0.4, -0.2) is 45.3 Å². The van der Waals surface area contributed by atoms with E-state index in [0.717, 1.165) is 41.7 Å². The third-order valence-corrected chi connectivity index (χ3v) is 6.75. The molecule has 0 radical (unpaired) electrons. The third-order valence-electron chi connectivity index (χ3n) is 5.54. The monoisotopic (exact) mass is 482 g/mol. The minimum absolute atomic E-state index is 0.252. The number of nitrogens with one attached hydrogen (secondary N) is 1. The smallest absolute Gasteiger partial charge is 0.341 e. The Morgan fingerprint density at radius 1 is 1.15 bits per heavy atom. The number of esters is 2. The van der Waals surface area contributed by atoms with Crippen molar-refractivity contribution in [3.8, 4) is 0 Å². The van der Waals surface area contributed by atoms with Crippen LogP contribution < -0.4 is 5.32 Å². The lowest BCUT2D eigenvalue weighted by Crippen LogP contribution is -2.30. The van der Waals surface area contributed by atoms with Gasteiger partial charge in [0.1, 0.15) is 17.7 Å². The number of carbonyl (C=O) groups excluding carboxylic acids is 3. The van der Waals surface area contributed by atoms with Crippen LogP contribution in [-0.2, 0) is 33.7 Å². The van der Waals surface area contributed by atoms with Crippen LogP contribution in [0.4, 0.5) is 5.00 Å². The van der Waals surface area contributed by atoms with Crippen LogP contribution in [0.5, 0.6) is 0 Å². The number of hydrogen-bond acceptors (Lipinski definition) is 8. The normalized spacial score (nSPS) is 13.6. The topological polar surface area (TPSA) is 112 Å². The first-order valence-electron chi connectivity index (χ1n) is 11.2. The molecule has 178 valence electrons. The van der Waals surface area contributed by atoms with E-state index in [-0.39, 0.29) is 6.61 Å². The molecule has 1 N–H and O–H groups in total. The summed E-state index contributed by atoms with van der Waals surface area (Å²) in [5.74, 6) is -1.54. The average molecular weight is 483 g/mol. The number of thiophene rings is 1. The summed E-state index contributed by atoms with van der Waals surface area (Å²) in [5, 5.41) is 7.29. The molecule has 34 heavy (non-hydrogen) atoms. The highest BCUT2D eigenvalue weighted by Gasteiger charge is 2.29. The molecule has 0 aliphatic heterocycles. The van der Waals surface area contributed by atoms with Crippen molar-refractivity contribution in [3.63, 3.8) is 0 Å². The summed E-state index contributed by atoms with van der Waals surface area (Å²) in [6.07, 6.45) is 5.73. The maximum atomic E-state index is 12.8. The molecule has 9 nitrogen and oxygen atoms in total. The maximum absolute atomic E-state index is 12.8. The van der Waals surface area contributed by atoms with Crippen LogP contribution in [0.15, 0.2) is 36.9 Å². The first-order valence-corrected chi connectivity index (χ1v) is 12.0. The van der Waals surface area contributed by atoms with E-state index < -0.39 is 23.9 Å². The number of amides is 1. The van der Waals surface area contributed by atoms with Crippen molar-refractivity contribution in [2.24, 2.45) is 0 Å². The summed E-state index contributed by atoms with van der Waals surface area (Å²) in [5.41, 5.74) is 2.67. The van der Waals surface area contributed by atoms with Crippen molar-refractivity contribution < 1.29 is 23.9 Å². The van der Waals surface area contributed by atoms with Gasteiger partial charge < -0.3 is 14.8 Å². The number of hydrogen-bond donors (Lipinski definition) is 1. The summed E-state index contributed by atoms with van der Waals surface area (Å²) < 4.78 is 12.3. The lowest BCUT2D eigenvalue weighted by atomic mass is 9.95. The van der Waals surface area contributed by atoms with Gasteiger partial charge in [0.2, 0.25) is 0 Å². The summed E-state index contributed by atoms with van der Waals surface area (Å²) in [6.45, 7) is 4.03. The summed E-state index contributed by atoms with van der Waals surface area (Å²) >= 11 is 1.40. The first-order chi connectivity index (χ1) is 16.5. The molecule has 1 aliphatic carbocycles. The van der Waals surface area contributed by atoms with E-state index in [9.17, 15) is 14.4 Å². The van der Waals surface area contributed by atoms with E-state index in [4.69, 9.17) is 9.47 Å². The molecular formula is C24H26N4O5S. The lowest BCUT2D eigenvalue weighted by Gasteiger charge is -2.14. The van der Waals surface area contributed by atoms with Gasteiger partial charge in [-0.2, -0.15) is 5.10 Å². The second kappa shape index (κ2) is 10.6. The number of nitrogens with zero attached hydrogens (tertiary/aromatic N) is 3. The lowest BCUT2D eigenvalue weighted by molar-refractivity contribution is -0.123. The third kappa shape index (κ3) is 5.33. The molecule has 0 bridgehead atoms. The second-order valence-corrected chi connectivity index (χ2v) is 9.07. The molecule has 1 unspecified atom stereocenters. The van der Waals surface area contributed by atoms with E-state index >= 15 is 0 Å².